The van der Waals surface area contributed by atoms with Crippen LogP contribution >= 0.6 is 0 Å². The number of carbonyl (C=O) groups is 2. The number of β-amino-alcohol motifs (C(OH)–C–C–N with tert-alkyl or cyclic N) is 1. The van der Waals surface area contributed by atoms with Gasteiger partial charge in [-0.3, -0.25) is 9.59 Å². The van der Waals surface area contributed by atoms with Crippen molar-refractivity contribution in [2.45, 2.75) is 37.2 Å². The summed E-state index contributed by atoms with van der Waals surface area (Å²) in [5, 5.41) is 16.7. The maximum absolute atomic E-state index is 11.9. The lowest BCUT2D eigenvalue weighted by atomic mass is 9.68. The molecule has 5 nitrogen and oxygen atoms in total. The van der Waals surface area contributed by atoms with Gasteiger partial charge < -0.3 is 15.1 Å². The van der Waals surface area contributed by atoms with Crippen LogP contribution in [-0.4, -0.2) is 53.5 Å². The lowest BCUT2D eigenvalue weighted by molar-refractivity contribution is -0.144. The van der Waals surface area contributed by atoms with Crippen LogP contribution in [0, 0.1) is 0 Å². The van der Waals surface area contributed by atoms with Crippen molar-refractivity contribution in [3.05, 3.63) is 12.7 Å². The second kappa shape index (κ2) is 4.92. The molecule has 1 aliphatic heterocycles. The van der Waals surface area contributed by atoms with Crippen LogP contribution in [0.5, 0.6) is 0 Å². The van der Waals surface area contributed by atoms with Gasteiger partial charge in [-0.2, -0.15) is 0 Å². The van der Waals surface area contributed by atoms with Crippen LogP contribution < -0.4 is 0 Å². The number of aliphatic hydroxyl groups excluding tert-OH is 1. The number of aliphatic carboxylic acids is 1. The Kier molecular flexibility index (Phi) is 3.98. The van der Waals surface area contributed by atoms with E-state index >= 15 is 0 Å². The number of carboxylic acids is 1. The van der Waals surface area contributed by atoms with Gasteiger partial charge in [-0.1, -0.05) is 13.0 Å². The highest BCUT2D eigenvalue weighted by Crippen LogP contribution is 2.29. The summed E-state index contributed by atoms with van der Waals surface area (Å²) in [4.78, 5) is 24.1. The zero-order chi connectivity index (χ0) is 13.2. The number of amides is 1. The molecule has 6 heteroatoms. The van der Waals surface area contributed by atoms with Crippen LogP contribution in [0.2, 0.25) is 5.31 Å². The second-order valence-electron chi connectivity index (χ2n) is 4.64. The van der Waals surface area contributed by atoms with E-state index in [-0.39, 0.29) is 24.9 Å². The lowest BCUT2D eigenvalue weighted by Gasteiger charge is -2.26. The van der Waals surface area contributed by atoms with Gasteiger partial charge in [0, 0.05) is 18.3 Å². The van der Waals surface area contributed by atoms with E-state index in [1.165, 1.54) is 11.8 Å². The molecule has 0 aliphatic carbocycles. The van der Waals surface area contributed by atoms with Gasteiger partial charge >= 0.3 is 5.97 Å². The highest BCUT2D eigenvalue weighted by atomic mass is 16.4. The fourth-order valence-electron chi connectivity index (χ4n) is 1.84. The Morgan fingerprint density at radius 2 is 2.24 bits per heavy atom. The summed E-state index contributed by atoms with van der Waals surface area (Å²) in [6.45, 7) is 5.08. The Labute approximate surface area is 102 Å². The SMILES string of the molecule is [B]C(C)(CC(=O)N1CC(O)CC1C=C)C(=O)O. The van der Waals surface area contributed by atoms with Gasteiger partial charge in [0.15, 0.2) is 0 Å². The van der Waals surface area contributed by atoms with Crippen LogP contribution in [0.15, 0.2) is 12.7 Å². The van der Waals surface area contributed by atoms with E-state index in [1.54, 1.807) is 6.08 Å². The molecule has 1 fully saturated rings. The molecule has 1 amide bonds. The van der Waals surface area contributed by atoms with Gasteiger partial charge in [0.1, 0.15) is 0 Å². The summed E-state index contributed by atoms with van der Waals surface area (Å²) in [5.74, 6) is -1.60. The van der Waals surface area contributed by atoms with Crippen LogP contribution in [0.1, 0.15) is 19.8 Å². The first-order valence-corrected chi connectivity index (χ1v) is 5.40. The highest BCUT2D eigenvalue weighted by Gasteiger charge is 2.37. The maximum Gasteiger partial charge on any atom is 0.300 e. The van der Waals surface area contributed by atoms with Crippen molar-refractivity contribution in [2.75, 3.05) is 6.54 Å². The number of carbonyl (C=O) groups excluding carboxylic acids is 1. The fraction of sp³-hybridized carbons (Fsp3) is 0.636. The molecule has 3 atom stereocenters. The average Bonchev–Trinajstić information content (AvgIpc) is 2.58. The highest BCUT2D eigenvalue weighted by molar-refractivity contribution is 6.27. The third-order valence-corrected chi connectivity index (χ3v) is 2.92. The summed E-state index contributed by atoms with van der Waals surface area (Å²) < 4.78 is 0. The van der Waals surface area contributed by atoms with Crippen molar-refractivity contribution in [1.82, 2.24) is 4.90 Å². The van der Waals surface area contributed by atoms with Crippen LogP contribution in [0.25, 0.3) is 0 Å². The third kappa shape index (κ3) is 3.09. The molecule has 0 spiro atoms. The second-order valence-corrected chi connectivity index (χ2v) is 4.64. The Morgan fingerprint density at radius 1 is 1.65 bits per heavy atom. The zero-order valence-corrected chi connectivity index (χ0v) is 9.80. The summed E-state index contributed by atoms with van der Waals surface area (Å²) in [5.41, 5.74) is 0. The molecular weight excluding hydrogens is 221 g/mol. The van der Waals surface area contributed by atoms with E-state index < -0.39 is 17.4 Å². The minimum atomic E-state index is -1.59. The minimum Gasteiger partial charge on any atom is -0.481 e. The molecule has 0 aromatic carbocycles. The van der Waals surface area contributed by atoms with Crippen molar-refractivity contribution in [1.29, 1.82) is 0 Å². The molecule has 2 N–H and O–H groups in total. The largest absolute Gasteiger partial charge is 0.481 e. The predicted molar refractivity (Wildman–Crippen MR) is 62.7 cm³/mol. The van der Waals surface area contributed by atoms with Crippen molar-refractivity contribution in [3.8, 4) is 0 Å². The molecule has 17 heavy (non-hydrogen) atoms. The lowest BCUT2D eigenvalue weighted by Crippen LogP contribution is -2.38. The topological polar surface area (TPSA) is 77.8 Å². The summed E-state index contributed by atoms with van der Waals surface area (Å²) in [7, 11) is 5.51. The molecule has 0 aromatic heterocycles. The van der Waals surface area contributed by atoms with Gasteiger partial charge in [-0.15, -0.1) is 6.58 Å². The summed E-state index contributed by atoms with van der Waals surface area (Å²) >= 11 is 0. The predicted octanol–water partition coefficient (Wildman–Crippen LogP) is -0.0440. The molecule has 0 bridgehead atoms. The first-order valence-electron chi connectivity index (χ1n) is 5.40. The molecule has 1 rings (SSSR count). The Hall–Kier alpha value is -1.30. The molecule has 2 radical (unpaired) electrons. The van der Waals surface area contributed by atoms with Crippen molar-refractivity contribution < 1.29 is 19.8 Å². The zero-order valence-electron chi connectivity index (χ0n) is 9.80. The van der Waals surface area contributed by atoms with Crippen molar-refractivity contribution in [2.24, 2.45) is 0 Å². The van der Waals surface area contributed by atoms with Gasteiger partial charge in [-0.05, 0) is 6.42 Å². The van der Waals surface area contributed by atoms with Crippen molar-refractivity contribution >= 4 is 19.7 Å². The number of hydrogen-bond donors (Lipinski definition) is 2. The molecule has 1 aliphatic rings. The quantitative estimate of drug-likeness (QED) is 0.531. The third-order valence-electron chi connectivity index (χ3n) is 2.92. The maximum atomic E-state index is 11.9. The minimum absolute atomic E-state index is 0.200. The number of likely N-dealkylation sites (tertiary alicyclic amines) is 1. The molecule has 0 aromatic rings. The van der Waals surface area contributed by atoms with Crippen LogP contribution in [-0.2, 0) is 9.59 Å². The first kappa shape index (κ1) is 13.8. The van der Waals surface area contributed by atoms with Crippen molar-refractivity contribution in [3.63, 3.8) is 0 Å². The fourth-order valence-corrected chi connectivity index (χ4v) is 1.84. The van der Waals surface area contributed by atoms with Crippen LogP contribution in [0.3, 0.4) is 0 Å². The smallest absolute Gasteiger partial charge is 0.300 e. The van der Waals surface area contributed by atoms with E-state index in [9.17, 15) is 14.7 Å². The Balaban J connectivity index is 2.71. The van der Waals surface area contributed by atoms with E-state index in [2.05, 4.69) is 6.58 Å². The monoisotopic (exact) mass is 237 g/mol. The van der Waals surface area contributed by atoms with E-state index in [0.717, 1.165) is 0 Å². The molecule has 1 saturated heterocycles. The molecular formula is C11H16BNO4. The summed E-state index contributed by atoms with van der Waals surface area (Å²) in [6.07, 6.45) is 1.13. The Bertz CT molecular complexity index is 342. The standard InChI is InChI=1S/C11H16BNO4/c1-3-7-4-8(14)6-13(7)9(15)5-11(2,12)10(16)17/h3,7-8,14H,1,4-6H2,2H3,(H,16,17). The van der Waals surface area contributed by atoms with Gasteiger partial charge in [0.25, 0.3) is 0 Å². The number of nitrogens with zero attached hydrogens (tertiary/aromatic N) is 1. The Morgan fingerprint density at radius 3 is 2.71 bits per heavy atom. The van der Waals surface area contributed by atoms with E-state index in [1.807, 2.05) is 0 Å². The number of hydrogen-bond acceptors (Lipinski definition) is 3. The molecule has 1 heterocycles. The molecule has 3 unspecified atom stereocenters. The van der Waals surface area contributed by atoms with Gasteiger partial charge in [-0.25, -0.2) is 0 Å². The van der Waals surface area contributed by atoms with Gasteiger partial charge in [0.2, 0.25) is 5.91 Å². The molecule has 92 valence electrons. The number of rotatable bonds is 4. The normalized spacial score (nSPS) is 27.5. The average molecular weight is 237 g/mol. The first-order chi connectivity index (χ1) is 7.77. The van der Waals surface area contributed by atoms with Crippen LogP contribution in [0.4, 0.5) is 0 Å². The number of carboxylic acid groups (broad SMARTS) is 1. The van der Waals surface area contributed by atoms with Gasteiger partial charge in [0.05, 0.1) is 20.0 Å². The van der Waals surface area contributed by atoms with E-state index in [0.29, 0.717) is 6.42 Å². The molecule has 0 saturated carbocycles. The summed E-state index contributed by atoms with van der Waals surface area (Å²) in [6, 6.07) is -0.248. The van der Waals surface area contributed by atoms with E-state index in [4.69, 9.17) is 13.0 Å². The number of aliphatic hydroxyl groups is 1.